The third kappa shape index (κ3) is 5.77. The molecule has 0 radical (unpaired) electrons. The van der Waals surface area contributed by atoms with Gasteiger partial charge in [0.15, 0.2) is 5.17 Å². The van der Waals surface area contributed by atoms with Crippen LogP contribution in [0, 0.1) is 0 Å². The van der Waals surface area contributed by atoms with E-state index in [1.165, 1.54) is 29.2 Å². The van der Waals surface area contributed by atoms with E-state index >= 15 is 0 Å². The zero-order valence-electron chi connectivity index (χ0n) is 17.8. The second-order valence-corrected chi connectivity index (χ2v) is 11.2. The van der Waals surface area contributed by atoms with Crippen molar-refractivity contribution in [3.05, 3.63) is 59.6 Å². The molecular formula is C23H24ClN3O4S2. The minimum absolute atomic E-state index is 0.00122. The number of sulfonamides is 1. The summed E-state index contributed by atoms with van der Waals surface area (Å²) in [7, 11) is -4.04. The molecule has 2 amide bonds. The number of anilines is 1. The van der Waals surface area contributed by atoms with Crippen molar-refractivity contribution in [2.75, 3.05) is 5.32 Å². The average molecular weight is 506 g/mol. The maximum atomic E-state index is 13.3. The molecule has 7 nitrogen and oxygen atoms in total. The van der Waals surface area contributed by atoms with Gasteiger partial charge in [-0.15, -0.1) is 4.40 Å². The fourth-order valence-corrected chi connectivity index (χ4v) is 6.55. The standard InChI is InChI=1S/C23H24ClN3O4S2/c24-16-11-13-19(14-12-16)33(30,31)26-23-27(18-9-5-2-6-10-18)22(29)20(32-23)15-21(28)25-17-7-3-1-4-8-17/h1,3-4,7-8,11-14,18,20H,2,5-6,9-10,15H2,(H,25,28). The molecule has 2 aromatic rings. The van der Waals surface area contributed by atoms with Crippen molar-refractivity contribution in [1.29, 1.82) is 0 Å². The van der Waals surface area contributed by atoms with Crippen LogP contribution in [0.15, 0.2) is 63.9 Å². The summed E-state index contributed by atoms with van der Waals surface area (Å²) in [6, 6.07) is 14.6. The first-order chi connectivity index (χ1) is 15.8. The molecule has 1 saturated heterocycles. The summed E-state index contributed by atoms with van der Waals surface area (Å²) < 4.78 is 29.9. The Morgan fingerprint density at radius 1 is 1.06 bits per heavy atom. The molecule has 0 aromatic heterocycles. The van der Waals surface area contributed by atoms with Crippen molar-refractivity contribution < 1.29 is 18.0 Å². The first kappa shape index (κ1) is 23.8. The quantitative estimate of drug-likeness (QED) is 0.614. The minimum atomic E-state index is -4.04. The maximum absolute atomic E-state index is 13.3. The minimum Gasteiger partial charge on any atom is -0.326 e. The number of para-hydroxylation sites is 1. The summed E-state index contributed by atoms with van der Waals surface area (Å²) in [5, 5.41) is 2.61. The van der Waals surface area contributed by atoms with E-state index in [0.29, 0.717) is 10.7 Å². The predicted octanol–water partition coefficient (Wildman–Crippen LogP) is 4.69. The van der Waals surface area contributed by atoms with Crippen LogP contribution >= 0.6 is 23.4 Å². The first-order valence-corrected chi connectivity index (χ1v) is 13.5. The highest BCUT2D eigenvalue weighted by Gasteiger charge is 2.43. The second-order valence-electron chi connectivity index (χ2n) is 8.03. The lowest BCUT2D eigenvalue weighted by atomic mass is 9.94. The first-order valence-electron chi connectivity index (χ1n) is 10.8. The van der Waals surface area contributed by atoms with Gasteiger partial charge in [-0.05, 0) is 49.2 Å². The average Bonchev–Trinajstić information content (AvgIpc) is 3.09. The van der Waals surface area contributed by atoms with Crippen molar-refractivity contribution in [3.63, 3.8) is 0 Å². The van der Waals surface area contributed by atoms with Crippen LogP contribution in [0.1, 0.15) is 38.5 Å². The Bertz CT molecular complexity index is 1150. The number of amidine groups is 1. The van der Waals surface area contributed by atoms with Crippen molar-refractivity contribution in [2.24, 2.45) is 4.40 Å². The van der Waals surface area contributed by atoms with Crippen LogP contribution in [0.5, 0.6) is 0 Å². The van der Waals surface area contributed by atoms with E-state index in [0.717, 1.165) is 43.9 Å². The van der Waals surface area contributed by atoms with Gasteiger partial charge in [0.1, 0.15) is 5.25 Å². The van der Waals surface area contributed by atoms with Crippen molar-refractivity contribution >= 4 is 56.1 Å². The molecule has 33 heavy (non-hydrogen) atoms. The topological polar surface area (TPSA) is 95.9 Å². The smallest absolute Gasteiger partial charge is 0.284 e. The van der Waals surface area contributed by atoms with Gasteiger partial charge in [-0.3, -0.25) is 14.5 Å². The summed E-state index contributed by atoms with van der Waals surface area (Å²) in [5.41, 5.74) is 0.640. The van der Waals surface area contributed by atoms with Crippen molar-refractivity contribution in [1.82, 2.24) is 4.90 Å². The summed E-state index contributed by atoms with van der Waals surface area (Å²) in [4.78, 5) is 27.4. The molecule has 10 heteroatoms. The maximum Gasteiger partial charge on any atom is 0.284 e. The molecule has 1 saturated carbocycles. The lowest BCUT2D eigenvalue weighted by molar-refractivity contribution is -0.130. The van der Waals surface area contributed by atoms with E-state index in [4.69, 9.17) is 11.6 Å². The Morgan fingerprint density at radius 2 is 1.73 bits per heavy atom. The molecular weight excluding hydrogens is 482 g/mol. The van der Waals surface area contributed by atoms with Gasteiger partial charge in [0.25, 0.3) is 10.0 Å². The van der Waals surface area contributed by atoms with Crippen LogP contribution in [-0.2, 0) is 19.6 Å². The van der Waals surface area contributed by atoms with Crippen molar-refractivity contribution in [3.8, 4) is 0 Å². The van der Waals surface area contributed by atoms with Crippen LogP contribution in [-0.4, -0.2) is 41.6 Å². The molecule has 1 N–H and O–H groups in total. The van der Waals surface area contributed by atoms with E-state index in [1.807, 2.05) is 18.2 Å². The third-order valence-electron chi connectivity index (χ3n) is 5.64. The zero-order valence-corrected chi connectivity index (χ0v) is 20.2. The van der Waals surface area contributed by atoms with Gasteiger partial charge in [0.2, 0.25) is 11.8 Å². The predicted molar refractivity (Wildman–Crippen MR) is 131 cm³/mol. The van der Waals surface area contributed by atoms with Gasteiger partial charge in [-0.1, -0.05) is 60.8 Å². The molecule has 1 heterocycles. The number of hydrogen-bond acceptors (Lipinski definition) is 5. The highest BCUT2D eigenvalue weighted by Crippen LogP contribution is 2.36. The van der Waals surface area contributed by atoms with E-state index in [1.54, 1.807) is 12.1 Å². The van der Waals surface area contributed by atoms with Gasteiger partial charge in [0, 0.05) is 23.2 Å². The number of benzene rings is 2. The highest BCUT2D eigenvalue weighted by atomic mass is 35.5. The largest absolute Gasteiger partial charge is 0.326 e. The normalized spacial score (nSPS) is 20.9. The van der Waals surface area contributed by atoms with E-state index in [9.17, 15) is 18.0 Å². The van der Waals surface area contributed by atoms with E-state index in [-0.39, 0.29) is 34.3 Å². The SMILES string of the molecule is O=C(CC1SC(=NS(=O)(=O)c2ccc(Cl)cc2)N(C2CCCCC2)C1=O)Nc1ccccc1. The van der Waals surface area contributed by atoms with Gasteiger partial charge < -0.3 is 5.32 Å². The molecule has 1 unspecified atom stereocenters. The molecule has 2 aliphatic rings. The number of carbonyl (C=O) groups is 2. The second kappa shape index (κ2) is 10.3. The monoisotopic (exact) mass is 505 g/mol. The molecule has 4 rings (SSSR count). The zero-order chi connectivity index (χ0) is 23.4. The summed E-state index contributed by atoms with van der Waals surface area (Å²) >= 11 is 6.92. The van der Waals surface area contributed by atoms with Gasteiger partial charge in [0.05, 0.1) is 4.90 Å². The number of nitrogens with zero attached hydrogens (tertiary/aromatic N) is 2. The fraction of sp³-hybridized carbons (Fsp3) is 0.348. The number of hydrogen-bond donors (Lipinski definition) is 1. The number of nitrogens with one attached hydrogen (secondary N) is 1. The van der Waals surface area contributed by atoms with E-state index in [2.05, 4.69) is 9.71 Å². The molecule has 2 aromatic carbocycles. The van der Waals surface area contributed by atoms with Crippen LogP contribution in [0.25, 0.3) is 0 Å². The van der Waals surface area contributed by atoms with Crippen LogP contribution < -0.4 is 5.32 Å². The molecule has 1 atom stereocenters. The lowest BCUT2D eigenvalue weighted by Crippen LogP contribution is -2.42. The number of rotatable bonds is 6. The Hall–Kier alpha value is -2.36. The molecule has 0 bridgehead atoms. The Kier molecular flexibility index (Phi) is 7.41. The Labute approximate surface area is 202 Å². The Morgan fingerprint density at radius 3 is 2.39 bits per heavy atom. The third-order valence-corrected chi connectivity index (χ3v) is 8.44. The summed E-state index contributed by atoms with van der Waals surface area (Å²) in [6.45, 7) is 0. The van der Waals surface area contributed by atoms with Crippen molar-refractivity contribution in [2.45, 2.75) is 54.7 Å². The fourth-order valence-electron chi connectivity index (χ4n) is 4.02. The summed E-state index contributed by atoms with van der Waals surface area (Å²) in [6.07, 6.45) is 4.53. The number of thioether (sulfide) groups is 1. The van der Waals surface area contributed by atoms with Gasteiger partial charge in [-0.2, -0.15) is 8.42 Å². The highest BCUT2D eigenvalue weighted by molar-refractivity contribution is 8.16. The number of carbonyl (C=O) groups excluding carboxylic acids is 2. The molecule has 1 aliphatic carbocycles. The van der Waals surface area contributed by atoms with Gasteiger partial charge >= 0.3 is 0 Å². The van der Waals surface area contributed by atoms with Crippen LogP contribution in [0.2, 0.25) is 5.02 Å². The lowest BCUT2D eigenvalue weighted by Gasteiger charge is -2.30. The molecule has 0 spiro atoms. The van der Waals surface area contributed by atoms with E-state index < -0.39 is 15.3 Å². The number of amides is 2. The number of halogens is 1. The van der Waals surface area contributed by atoms with Crippen LogP contribution in [0.4, 0.5) is 5.69 Å². The molecule has 2 fully saturated rings. The van der Waals surface area contributed by atoms with Crippen LogP contribution in [0.3, 0.4) is 0 Å². The summed E-state index contributed by atoms with van der Waals surface area (Å²) in [5.74, 6) is -0.572. The molecule has 1 aliphatic heterocycles. The Balaban J connectivity index is 1.58. The van der Waals surface area contributed by atoms with Gasteiger partial charge in [-0.25, -0.2) is 0 Å². The molecule has 174 valence electrons.